The number of hydrogen-bond acceptors (Lipinski definition) is 3. The number of nitrogens with one attached hydrogen (secondary N) is 1. The highest BCUT2D eigenvalue weighted by Crippen LogP contribution is 2.09. The Morgan fingerprint density at radius 2 is 2.36 bits per heavy atom. The first-order valence-electron chi connectivity index (χ1n) is 4.37. The number of rotatable bonds is 3. The van der Waals surface area contributed by atoms with Crippen LogP contribution in [-0.2, 0) is 4.79 Å². The summed E-state index contributed by atoms with van der Waals surface area (Å²) in [4.78, 5) is 11.3. The molecule has 4 nitrogen and oxygen atoms in total. The SMILES string of the molecule is Cc1cccc(NC(=O)[C@@H](N)CO)c1. The summed E-state index contributed by atoms with van der Waals surface area (Å²) in [5.41, 5.74) is 7.09. The molecule has 0 aliphatic carbocycles. The average molecular weight is 194 g/mol. The zero-order valence-electron chi connectivity index (χ0n) is 8.03. The smallest absolute Gasteiger partial charge is 0.243 e. The van der Waals surface area contributed by atoms with E-state index in [9.17, 15) is 4.79 Å². The van der Waals surface area contributed by atoms with E-state index < -0.39 is 6.04 Å². The largest absolute Gasteiger partial charge is 0.394 e. The lowest BCUT2D eigenvalue weighted by Crippen LogP contribution is -2.38. The van der Waals surface area contributed by atoms with Crippen LogP contribution in [0, 0.1) is 6.92 Å². The molecular weight excluding hydrogens is 180 g/mol. The number of hydrogen-bond donors (Lipinski definition) is 3. The van der Waals surface area contributed by atoms with Crippen molar-refractivity contribution in [3.63, 3.8) is 0 Å². The average Bonchev–Trinajstić information content (AvgIpc) is 2.16. The van der Waals surface area contributed by atoms with E-state index in [-0.39, 0.29) is 12.5 Å². The summed E-state index contributed by atoms with van der Waals surface area (Å²) in [6.07, 6.45) is 0. The van der Waals surface area contributed by atoms with Crippen LogP contribution >= 0.6 is 0 Å². The Morgan fingerprint density at radius 3 is 2.93 bits per heavy atom. The first-order valence-corrected chi connectivity index (χ1v) is 4.37. The second-order valence-electron chi connectivity index (χ2n) is 3.15. The summed E-state index contributed by atoms with van der Waals surface area (Å²) in [6, 6.07) is 6.52. The topological polar surface area (TPSA) is 75.4 Å². The molecule has 0 radical (unpaired) electrons. The summed E-state index contributed by atoms with van der Waals surface area (Å²) in [7, 11) is 0. The Kier molecular flexibility index (Phi) is 3.62. The monoisotopic (exact) mass is 194 g/mol. The molecule has 0 aliphatic heterocycles. The van der Waals surface area contributed by atoms with Gasteiger partial charge in [0.2, 0.25) is 5.91 Å². The molecule has 14 heavy (non-hydrogen) atoms. The van der Waals surface area contributed by atoms with E-state index in [0.29, 0.717) is 5.69 Å². The van der Waals surface area contributed by atoms with Gasteiger partial charge in [-0.3, -0.25) is 4.79 Å². The molecule has 4 N–H and O–H groups in total. The number of carbonyl (C=O) groups is 1. The lowest BCUT2D eigenvalue weighted by Gasteiger charge is -2.09. The molecule has 4 heteroatoms. The van der Waals surface area contributed by atoms with Gasteiger partial charge in [0.25, 0.3) is 0 Å². The molecule has 0 fully saturated rings. The molecule has 1 rings (SSSR count). The van der Waals surface area contributed by atoms with Crippen LogP contribution in [0.25, 0.3) is 0 Å². The Balaban J connectivity index is 2.65. The van der Waals surface area contributed by atoms with Crippen molar-refractivity contribution < 1.29 is 9.90 Å². The lowest BCUT2D eigenvalue weighted by molar-refractivity contribution is -0.118. The fraction of sp³-hybridized carbons (Fsp3) is 0.300. The first-order chi connectivity index (χ1) is 6.63. The molecule has 0 saturated carbocycles. The molecule has 0 spiro atoms. The number of nitrogens with two attached hydrogens (primary N) is 1. The Morgan fingerprint density at radius 1 is 1.64 bits per heavy atom. The van der Waals surface area contributed by atoms with Gasteiger partial charge in [-0.25, -0.2) is 0 Å². The van der Waals surface area contributed by atoms with Crippen molar-refractivity contribution in [3.05, 3.63) is 29.8 Å². The maximum atomic E-state index is 11.3. The molecule has 1 aromatic carbocycles. The van der Waals surface area contributed by atoms with E-state index in [2.05, 4.69) is 5.32 Å². The van der Waals surface area contributed by atoms with Crippen molar-refractivity contribution in [3.8, 4) is 0 Å². The Hall–Kier alpha value is -1.39. The van der Waals surface area contributed by atoms with E-state index in [4.69, 9.17) is 10.8 Å². The van der Waals surface area contributed by atoms with Crippen LogP contribution in [0.2, 0.25) is 0 Å². The van der Waals surface area contributed by atoms with Crippen LogP contribution in [0.15, 0.2) is 24.3 Å². The van der Waals surface area contributed by atoms with Crippen molar-refractivity contribution in [2.75, 3.05) is 11.9 Å². The molecule has 0 heterocycles. The molecule has 0 saturated heterocycles. The van der Waals surface area contributed by atoms with Crippen molar-refractivity contribution >= 4 is 11.6 Å². The summed E-state index contributed by atoms with van der Waals surface area (Å²) >= 11 is 0. The van der Waals surface area contributed by atoms with E-state index in [1.807, 2.05) is 25.1 Å². The number of aliphatic hydroxyl groups is 1. The number of aliphatic hydroxyl groups excluding tert-OH is 1. The maximum absolute atomic E-state index is 11.3. The standard InChI is InChI=1S/C10H14N2O2/c1-7-3-2-4-8(5-7)12-10(14)9(11)6-13/h2-5,9,13H,6,11H2,1H3,(H,12,14)/t9-/m0/s1. The number of aryl methyl sites for hydroxylation is 1. The summed E-state index contributed by atoms with van der Waals surface area (Å²) in [6.45, 7) is 1.58. The van der Waals surface area contributed by atoms with Crippen LogP contribution in [0.1, 0.15) is 5.56 Å². The highest BCUT2D eigenvalue weighted by atomic mass is 16.3. The Labute approximate surface area is 82.7 Å². The second kappa shape index (κ2) is 4.74. The van der Waals surface area contributed by atoms with Crippen molar-refractivity contribution in [2.45, 2.75) is 13.0 Å². The van der Waals surface area contributed by atoms with Gasteiger partial charge in [-0.15, -0.1) is 0 Å². The zero-order chi connectivity index (χ0) is 10.6. The minimum Gasteiger partial charge on any atom is -0.394 e. The van der Waals surface area contributed by atoms with Crippen molar-refractivity contribution in [1.82, 2.24) is 0 Å². The highest BCUT2D eigenvalue weighted by molar-refractivity contribution is 5.94. The maximum Gasteiger partial charge on any atom is 0.243 e. The van der Waals surface area contributed by atoms with Crippen LogP contribution in [-0.4, -0.2) is 23.7 Å². The molecule has 1 amide bonds. The fourth-order valence-corrected chi connectivity index (χ4v) is 1.04. The Bertz CT molecular complexity index is 326. The van der Waals surface area contributed by atoms with Crippen LogP contribution < -0.4 is 11.1 Å². The molecule has 76 valence electrons. The number of amides is 1. The van der Waals surface area contributed by atoms with Crippen LogP contribution in [0.4, 0.5) is 5.69 Å². The van der Waals surface area contributed by atoms with E-state index in [1.165, 1.54) is 0 Å². The zero-order valence-corrected chi connectivity index (χ0v) is 8.03. The number of anilines is 1. The minimum absolute atomic E-state index is 0.350. The fourth-order valence-electron chi connectivity index (χ4n) is 1.04. The van der Waals surface area contributed by atoms with E-state index >= 15 is 0 Å². The predicted octanol–water partition coefficient (Wildman–Crippen LogP) is 0.253. The predicted molar refractivity (Wildman–Crippen MR) is 54.9 cm³/mol. The lowest BCUT2D eigenvalue weighted by atomic mass is 10.2. The minimum atomic E-state index is -0.865. The highest BCUT2D eigenvalue weighted by Gasteiger charge is 2.11. The van der Waals surface area contributed by atoms with Crippen molar-refractivity contribution in [2.24, 2.45) is 5.73 Å². The molecule has 0 unspecified atom stereocenters. The summed E-state index contributed by atoms with van der Waals surface area (Å²) in [5, 5.41) is 11.3. The third-order valence-electron chi connectivity index (χ3n) is 1.82. The molecular formula is C10H14N2O2. The van der Waals surface area contributed by atoms with Gasteiger partial charge in [0.15, 0.2) is 0 Å². The molecule has 0 bridgehead atoms. The van der Waals surface area contributed by atoms with Gasteiger partial charge in [-0.2, -0.15) is 0 Å². The third-order valence-corrected chi connectivity index (χ3v) is 1.82. The summed E-state index contributed by atoms with van der Waals surface area (Å²) < 4.78 is 0. The molecule has 0 aromatic heterocycles. The number of carbonyl (C=O) groups excluding carboxylic acids is 1. The van der Waals surface area contributed by atoms with E-state index in [1.54, 1.807) is 6.07 Å². The van der Waals surface area contributed by atoms with E-state index in [0.717, 1.165) is 5.56 Å². The normalized spacial score (nSPS) is 12.2. The van der Waals surface area contributed by atoms with Gasteiger partial charge >= 0.3 is 0 Å². The van der Waals surface area contributed by atoms with Gasteiger partial charge in [0, 0.05) is 5.69 Å². The van der Waals surface area contributed by atoms with Crippen molar-refractivity contribution in [1.29, 1.82) is 0 Å². The van der Waals surface area contributed by atoms with Gasteiger partial charge in [0.05, 0.1) is 6.61 Å². The van der Waals surface area contributed by atoms with Gasteiger partial charge < -0.3 is 16.2 Å². The quantitative estimate of drug-likeness (QED) is 0.645. The first kappa shape index (κ1) is 10.7. The molecule has 0 aliphatic rings. The molecule has 1 aromatic rings. The summed E-state index contributed by atoms with van der Waals surface area (Å²) in [5.74, 6) is -0.377. The number of benzene rings is 1. The van der Waals surface area contributed by atoms with Gasteiger partial charge in [-0.05, 0) is 24.6 Å². The van der Waals surface area contributed by atoms with Gasteiger partial charge in [0.1, 0.15) is 6.04 Å². The third kappa shape index (κ3) is 2.83. The molecule has 1 atom stereocenters. The second-order valence-corrected chi connectivity index (χ2v) is 3.15. The van der Waals surface area contributed by atoms with Gasteiger partial charge in [-0.1, -0.05) is 12.1 Å². The van der Waals surface area contributed by atoms with Crippen LogP contribution in [0.5, 0.6) is 0 Å². The van der Waals surface area contributed by atoms with Crippen LogP contribution in [0.3, 0.4) is 0 Å².